The second-order valence-electron chi connectivity index (χ2n) is 4.91. The van der Waals surface area contributed by atoms with Crippen molar-refractivity contribution in [3.8, 4) is 0 Å². The van der Waals surface area contributed by atoms with E-state index in [2.05, 4.69) is 6.58 Å². The third-order valence-corrected chi connectivity index (χ3v) is 2.90. The number of carbonyl (C=O) groups is 2. The van der Waals surface area contributed by atoms with E-state index in [1.807, 2.05) is 43.3 Å². The second-order valence-corrected chi connectivity index (χ2v) is 4.91. The molecule has 1 aromatic rings. The fourth-order valence-corrected chi connectivity index (χ4v) is 1.65. The van der Waals surface area contributed by atoms with E-state index < -0.39 is 11.9 Å². The fourth-order valence-electron chi connectivity index (χ4n) is 1.65. The maximum atomic E-state index is 10.6. The van der Waals surface area contributed by atoms with E-state index in [9.17, 15) is 9.59 Å². The lowest BCUT2D eigenvalue weighted by Gasteiger charge is -2.01. The van der Waals surface area contributed by atoms with Gasteiger partial charge in [-0.3, -0.25) is 0 Å². The zero-order valence-electron chi connectivity index (χ0n) is 13.7. The van der Waals surface area contributed by atoms with Gasteiger partial charge in [-0.05, 0) is 37.0 Å². The maximum Gasteiger partial charge on any atom is 0.331 e. The molecule has 1 rings (SSSR count). The number of unbranched alkanes of at least 4 members (excludes halogenated alkanes) is 1. The summed E-state index contributed by atoms with van der Waals surface area (Å²) in [5.41, 5.74) is 1.87. The van der Waals surface area contributed by atoms with Crippen LogP contribution < -0.4 is 0 Å². The lowest BCUT2D eigenvalue weighted by Crippen LogP contribution is -1.98. The van der Waals surface area contributed by atoms with Gasteiger partial charge in [-0.25, -0.2) is 9.59 Å². The Morgan fingerprint density at radius 1 is 1.13 bits per heavy atom. The predicted molar refractivity (Wildman–Crippen MR) is 93.2 cm³/mol. The Kier molecular flexibility index (Phi) is 10.6. The highest BCUT2D eigenvalue weighted by Gasteiger charge is 2.03. The van der Waals surface area contributed by atoms with Gasteiger partial charge in [0, 0.05) is 11.6 Å². The predicted octanol–water partition coefficient (Wildman–Crippen LogP) is 4.55. The molecule has 4 heteroatoms. The summed E-state index contributed by atoms with van der Waals surface area (Å²) < 4.78 is 0. The van der Waals surface area contributed by atoms with E-state index >= 15 is 0 Å². The van der Waals surface area contributed by atoms with Crippen LogP contribution in [0.1, 0.15) is 38.7 Å². The Hall–Kier alpha value is -2.62. The smallest absolute Gasteiger partial charge is 0.331 e. The number of hydrogen-bond acceptors (Lipinski definition) is 2. The van der Waals surface area contributed by atoms with Gasteiger partial charge in [-0.1, -0.05) is 56.3 Å². The summed E-state index contributed by atoms with van der Waals surface area (Å²) in [4.78, 5) is 21.0. The van der Waals surface area contributed by atoms with Crippen molar-refractivity contribution in [2.24, 2.45) is 0 Å². The van der Waals surface area contributed by atoms with Crippen LogP contribution in [0.2, 0.25) is 0 Å². The SMILES string of the molecule is C=Cc1ccccc1.CCCCC(=CC(=O)O)C=C(C)C(=O)O. The Labute approximate surface area is 137 Å². The molecule has 0 atom stereocenters. The zero-order valence-corrected chi connectivity index (χ0v) is 13.7. The lowest BCUT2D eigenvalue weighted by molar-refractivity contribution is -0.133. The average Bonchev–Trinajstić information content (AvgIpc) is 2.53. The van der Waals surface area contributed by atoms with Gasteiger partial charge in [-0.2, -0.15) is 0 Å². The Morgan fingerprint density at radius 2 is 1.74 bits per heavy atom. The highest BCUT2D eigenvalue weighted by molar-refractivity contribution is 5.87. The number of benzene rings is 1. The van der Waals surface area contributed by atoms with E-state index in [0.717, 1.165) is 18.9 Å². The van der Waals surface area contributed by atoms with Crippen LogP contribution in [0.25, 0.3) is 6.08 Å². The van der Waals surface area contributed by atoms with Crippen LogP contribution in [0.5, 0.6) is 0 Å². The molecule has 23 heavy (non-hydrogen) atoms. The normalized spacial score (nSPS) is 11.2. The molecule has 0 spiro atoms. The van der Waals surface area contributed by atoms with Gasteiger partial charge in [0.05, 0.1) is 0 Å². The zero-order chi connectivity index (χ0) is 17.7. The number of carboxylic acids is 2. The molecule has 1 aromatic carbocycles. The molecular formula is C19H24O4. The molecule has 0 saturated heterocycles. The van der Waals surface area contributed by atoms with Gasteiger partial charge in [0.25, 0.3) is 0 Å². The Morgan fingerprint density at radius 3 is 2.13 bits per heavy atom. The van der Waals surface area contributed by atoms with Crippen LogP contribution in [-0.2, 0) is 9.59 Å². The van der Waals surface area contributed by atoms with Crippen LogP contribution in [0.3, 0.4) is 0 Å². The van der Waals surface area contributed by atoms with Gasteiger partial charge in [0.2, 0.25) is 0 Å². The van der Waals surface area contributed by atoms with E-state index in [1.165, 1.54) is 18.6 Å². The Bertz CT molecular complexity index is 568. The van der Waals surface area contributed by atoms with Gasteiger partial charge in [0.1, 0.15) is 0 Å². The topological polar surface area (TPSA) is 74.6 Å². The third kappa shape index (κ3) is 10.7. The first kappa shape index (κ1) is 20.4. The first-order valence-electron chi connectivity index (χ1n) is 7.43. The first-order chi connectivity index (χ1) is 10.9. The molecule has 0 bridgehead atoms. The van der Waals surface area contributed by atoms with E-state index in [1.54, 1.807) is 0 Å². The molecule has 0 heterocycles. The van der Waals surface area contributed by atoms with Crippen molar-refractivity contribution in [1.29, 1.82) is 0 Å². The molecule has 2 N–H and O–H groups in total. The second kappa shape index (κ2) is 12.0. The van der Waals surface area contributed by atoms with Gasteiger partial charge in [-0.15, -0.1) is 0 Å². The fraction of sp³-hybridized carbons (Fsp3) is 0.263. The van der Waals surface area contributed by atoms with Crippen LogP contribution in [-0.4, -0.2) is 22.2 Å². The van der Waals surface area contributed by atoms with E-state index in [0.29, 0.717) is 12.0 Å². The number of rotatable bonds is 7. The molecule has 0 unspecified atom stereocenters. The van der Waals surface area contributed by atoms with Crippen LogP contribution in [0.15, 0.2) is 60.2 Å². The van der Waals surface area contributed by atoms with Crippen molar-refractivity contribution in [1.82, 2.24) is 0 Å². The minimum absolute atomic E-state index is 0.151. The van der Waals surface area contributed by atoms with Gasteiger partial charge >= 0.3 is 11.9 Å². The number of carboxylic acid groups (broad SMARTS) is 2. The van der Waals surface area contributed by atoms with E-state index in [-0.39, 0.29) is 5.57 Å². The minimum atomic E-state index is -1.05. The van der Waals surface area contributed by atoms with E-state index in [4.69, 9.17) is 10.2 Å². The summed E-state index contributed by atoms with van der Waals surface area (Å²) in [6.07, 6.45) is 6.68. The largest absolute Gasteiger partial charge is 0.478 e. The van der Waals surface area contributed by atoms with Gasteiger partial charge < -0.3 is 10.2 Å². The summed E-state index contributed by atoms with van der Waals surface area (Å²) in [6, 6.07) is 10.0. The molecule has 0 aromatic heterocycles. The molecule has 0 aliphatic heterocycles. The number of aliphatic carboxylic acids is 2. The van der Waals surface area contributed by atoms with Crippen molar-refractivity contribution in [3.05, 3.63) is 65.8 Å². The standard InChI is InChI=1S/C11H16O4.C8H8/c1-3-4-5-9(7-10(12)13)6-8(2)11(14)15;1-2-8-6-4-3-5-7-8/h6-7H,3-5H2,1-2H3,(H,12,13)(H,14,15);2-7H,1H2. The average molecular weight is 316 g/mol. The summed E-state index contributed by atoms with van der Waals surface area (Å²) in [5, 5.41) is 17.2. The first-order valence-corrected chi connectivity index (χ1v) is 7.43. The quantitative estimate of drug-likeness (QED) is 0.571. The summed E-state index contributed by atoms with van der Waals surface area (Å²) in [7, 11) is 0. The highest BCUT2D eigenvalue weighted by atomic mass is 16.4. The van der Waals surface area contributed by atoms with Crippen molar-refractivity contribution in [2.45, 2.75) is 33.1 Å². The van der Waals surface area contributed by atoms with Crippen LogP contribution >= 0.6 is 0 Å². The molecule has 0 saturated carbocycles. The van der Waals surface area contributed by atoms with Crippen molar-refractivity contribution >= 4 is 18.0 Å². The number of allylic oxidation sites excluding steroid dienone is 2. The van der Waals surface area contributed by atoms with Crippen LogP contribution in [0, 0.1) is 0 Å². The van der Waals surface area contributed by atoms with Crippen LogP contribution in [0.4, 0.5) is 0 Å². The molecule has 124 valence electrons. The molecule has 0 aliphatic rings. The molecule has 0 aliphatic carbocycles. The van der Waals surface area contributed by atoms with Crippen molar-refractivity contribution in [3.63, 3.8) is 0 Å². The number of hydrogen-bond donors (Lipinski definition) is 2. The van der Waals surface area contributed by atoms with Gasteiger partial charge in [0.15, 0.2) is 0 Å². The van der Waals surface area contributed by atoms with Crippen molar-refractivity contribution in [2.75, 3.05) is 0 Å². The Balaban J connectivity index is 0.000000502. The third-order valence-electron chi connectivity index (χ3n) is 2.90. The summed E-state index contributed by atoms with van der Waals surface area (Å²) >= 11 is 0. The summed E-state index contributed by atoms with van der Waals surface area (Å²) in [6.45, 7) is 7.07. The highest BCUT2D eigenvalue weighted by Crippen LogP contribution is 2.11. The molecule has 0 amide bonds. The summed E-state index contributed by atoms with van der Waals surface area (Å²) in [5.74, 6) is -2.07. The molecular weight excluding hydrogens is 292 g/mol. The van der Waals surface area contributed by atoms with Crippen molar-refractivity contribution < 1.29 is 19.8 Å². The monoisotopic (exact) mass is 316 g/mol. The molecule has 0 radical (unpaired) electrons. The lowest BCUT2D eigenvalue weighted by atomic mass is 10.1. The molecule has 4 nitrogen and oxygen atoms in total. The minimum Gasteiger partial charge on any atom is -0.478 e. The molecule has 0 fully saturated rings. The maximum absolute atomic E-state index is 10.6.